The first-order valence-corrected chi connectivity index (χ1v) is 6.94. The largest absolute Gasteiger partial charge is 1.00 e. The number of nitrogens with zero attached hydrogens (tertiary/aromatic N) is 1. The summed E-state index contributed by atoms with van der Waals surface area (Å²) >= 11 is -2.14. The second kappa shape index (κ2) is 8.02. The van der Waals surface area contributed by atoms with Crippen molar-refractivity contribution < 1.29 is 52.6 Å². The Labute approximate surface area is 141 Å². The molecule has 1 heterocycles. The summed E-state index contributed by atoms with van der Waals surface area (Å²) < 4.78 is 25.6. The van der Waals surface area contributed by atoms with E-state index in [1.54, 1.807) is 24.3 Å². The van der Waals surface area contributed by atoms with Crippen LogP contribution >= 0.6 is 0 Å². The van der Waals surface area contributed by atoms with E-state index in [4.69, 9.17) is 4.74 Å². The third-order valence-corrected chi connectivity index (χ3v) is 3.23. The zero-order valence-electron chi connectivity index (χ0n) is 11.0. The topological polar surface area (TPSA) is 86.7 Å². The van der Waals surface area contributed by atoms with Crippen LogP contribution in [0.5, 0.6) is 0 Å². The number of amides is 2. The molecule has 1 aliphatic rings. The van der Waals surface area contributed by atoms with Gasteiger partial charge in [0.15, 0.2) is 0 Å². The molecule has 2 amide bonds. The summed E-state index contributed by atoms with van der Waals surface area (Å²) in [5.74, 6) is -0.768. The molecule has 0 aromatic heterocycles. The number of imide groups is 1. The van der Waals surface area contributed by atoms with Crippen LogP contribution in [-0.4, -0.2) is 51.0 Å². The standard InChI is InChI=1S/C12H13NO5S.Na/c14-11-9-3-1-2-4-10(9)12(15)13(11)5-6-18-7-8-19(16)17;/h1-4H,5-8H2,(H,16,17);/q;+1/p-1. The monoisotopic (exact) mass is 305 g/mol. The first kappa shape index (κ1) is 17.5. The fourth-order valence-corrected chi connectivity index (χ4v) is 2.08. The molecule has 0 fully saturated rings. The summed E-state index contributed by atoms with van der Waals surface area (Å²) in [5.41, 5.74) is 0.793. The van der Waals surface area contributed by atoms with Crippen molar-refractivity contribution in [3.05, 3.63) is 35.4 Å². The van der Waals surface area contributed by atoms with Gasteiger partial charge in [0, 0.05) is 5.75 Å². The molecule has 1 unspecified atom stereocenters. The van der Waals surface area contributed by atoms with Gasteiger partial charge in [-0.2, -0.15) is 0 Å². The number of fused-ring (bicyclic) bond motifs is 1. The minimum atomic E-state index is -2.14. The van der Waals surface area contributed by atoms with Gasteiger partial charge >= 0.3 is 29.6 Å². The van der Waals surface area contributed by atoms with E-state index in [2.05, 4.69) is 0 Å². The predicted octanol–water partition coefficient (Wildman–Crippen LogP) is -2.82. The summed E-state index contributed by atoms with van der Waals surface area (Å²) in [6, 6.07) is 6.62. The number of rotatable bonds is 6. The first-order chi connectivity index (χ1) is 9.11. The van der Waals surface area contributed by atoms with E-state index in [0.717, 1.165) is 4.90 Å². The maximum absolute atomic E-state index is 11.9. The molecule has 6 nitrogen and oxygen atoms in total. The number of hydrogen-bond acceptors (Lipinski definition) is 5. The first-order valence-electron chi connectivity index (χ1n) is 5.70. The molecule has 0 spiro atoms. The minimum Gasteiger partial charge on any atom is -0.772 e. The molecule has 0 bridgehead atoms. The van der Waals surface area contributed by atoms with Gasteiger partial charge < -0.3 is 9.29 Å². The quantitative estimate of drug-likeness (QED) is 0.245. The van der Waals surface area contributed by atoms with Crippen LogP contribution in [0, 0.1) is 0 Å². The molecule has 0 aliphatic carbocycles. The van der Waals surface area contributed by atoms with Crippen molar-refractivity contribution in [3.8, 4) is 0 Å². The minimum absolute atomic E-state index is 0. The summed E-state index contributed by atoms with van der Waals surface area (Å²) in [6.07, 6.45) is 0. The maximum atomic E-state index is 11.9. The molecule has 1 atom stereocenters. The Morgan fingerprint density at radius 3 is 2.15 bits per heavy atom. The Bertz CT molecular complexity index is 501. The summed E-state index contributed by atoms with van der Waals surface area (Å²) in [7, 11) is 0. The molecule has 1 aromatic rings. The second-order valence-corrected chi connectivity index (χ2v) is 4.94. The van der Waals surface area contributed by atoms with Gasteiger partial charge in [-0.3, -0.25) is 18.7 Å². The van der Waals surface area contributed by atoms with Gasteiger partial charge in [-0.05, 0) is 12.1 Å². The third kappa shape index (κ3) is 3.97. The van der Waals surface area contributed by atoms with Crippen molar-refractivity contribution in [2.75, 3.05) is 25.5 Å². The van der Waals surface area contributed by atoms with Gasteiger partial charge in [-0.25, -0.2) is 0 Å². The van der Waals surface area contributed by atoms with E-state index < -0.39 is 11.1 Å². The molecule has 20 heavy (non-hydrogen) atoms. The molecule has 0 saturated heterocycles. The zero-order chi connectivity index (χ0) is 13.8. The Hall–Kier alpha value is -0.570. The van der Waals surface area contributed by atoms with Crippen molar-refractivity contribution in [3.63, 3.8) is 0 Å². The third-order valence-electron chi connectivity index (χ3n) is 2.73. The van der Waals surface area contributed by atoms with E-state index in [9.17, 15) is 18.4 Å². The van der Waals surface area contributed by atoms with Crippen molar-refractivity contribution in [2.24, 2.45) is 0 Å². The number of hydrogen-bond donors (Lipinski definition) is 0. The van der Waals surface area contributed by atoms with Gasteiger partial charge in [0.05, 0.1) is 30.9 Å². The maximum Gasteiger partial charge on any atom is 1.00 e. The normalized spacial score (nSPS) is 14.9. The van der Waals surface area contributed by atoms with Crippen molar-refractivity contribution in [1.29, 1.82) is 0 Å². The predicted molar refractivity (Wildman–Crippen MR) is 66.4 cm³/mol. The van der Waals surface area contributed by atoms with E-state index in [1.165, 1.54) is 0 Å². The molecule has 1 aromatic carbocycles. The summed E-state index contributed by atoms with van der Waals surface area (Å²) in [5, 5.41) is 0. The average Bonchev–Trinajstić information content (AvgIpc) is 2.63. The molecular weight excluding hydrogens is 293 g/mol. The van der Waals surface area contributed by atoms with Crippen molar-refractivity contribution >= 4 is 22.9 Å². The number of benzene rings is 1. The summed E-state index contributed by atoms with van der Waals surface area (Å²) in [6.45, 7) is 0.305. The van der Waals surface area contributed by atoms with Crippen molar-refractivity contribution in [1.82, 2.24) is 4.90 Å². The van der Waals surface area contributed by atoms with Crippen LogP contribution in [0.4, 0.5) is 0 Å². The Kier molecular flexibility index (Phi) is 7.01. The number of carbonyl (C=O) groups is 2. The van der Waals surface area contributed by atoms with Crippen LogP contribution in [-0.2, 0) is 15.8 Å². The molecule has 8 heteroatoms. The Morgan fingerprint density at radius 2 is 1.65 bits per heavy atom. The van der Waals surface area contributed by atoms with Crippen molar-refractivity contribution in [2.45, 2.75) is 0 Å². The van der Waals surface area contributed by atoms with Crippen LogP contribution in [0.25, 0.3) is 0 Å². The van der Waals surface area contributed by atoms with Crippen LogP contribution in [0.1, 0.15) is 20.7 Å². The number of carbonyl (C=O) groups excluding carboxylic acids is 2. The molecule has 2 rings (SSSR count). The van der Waals surface area contributed by atoms with Gasteiger partial charge in [-0.15, -0.1) is 0 Å². The SMILES string of the molecule is O=C1c2ccccc2C(=O)N1CCOCCS(=O)[O-].[Na+]. The Balaban J connectivity index is 0.00000200. The van der Waals surface area contributed by atoms with Crippen LogP contribution in [0.3, 0.4) is 0 Å². The van der Waals surface area contributed by atoms with Crippen LogP contribution < -0.4 is 29.6 Å². The molecule has 0 saturated carbocycles. The van der Waals surface area contributed by atoms with E-state index in [0.29, 0.717) is 11.1 Å². The van der Waals surface area contributed by atoms with E-state index >= 15 is 0 Å². The van der Waals surface area contributed by atoms with Gasteiger partial charge in [0.2, 0.25) is 0 Å². The zero-order valence-corrected chi connectivity index (χ0v) is 13.9. The molecule has 0 radical (unpaired) electrons. The van der Waals surface area contributed by atoms with Crippen LogP contribution in [0.15, 0.2) is 24.3 Å². The Morgan fingerprint density at radius 1 is 1.10 bits per heavy atom. The average molecular weight is 305 g/mol. The fourth-order valence-electron chi connectivity index (χ4n) is 1.83. The van der Waals surface area contributed by atoms with Gasteiger partial charge in [0.25, 0.3) is 11.8 Å². The van der Waals surface area contributed by atoms with E-state index in [-0.39, 0.29) is 66.9 Å². The smallest absolute Gasteiger partial charge is 0.772 e. The van der Waals surface area contributed by atoms with Crippen LogP contribution in [0.2, 0.25) is 0 Å². The van der Waals surface area contributed by atoms with Gasteiger partial charge in [0.1, 0.15) is 0 Å². The van der Waals surface area contributed by atoms with Gasteiger partial charge in [-0.1, -0.05) is 23.2 Å². The molecule has 1 aliphatic heterocycles. The summed E-state index contributed by atoms with van der Waals surface area (Å²) in [4.78, 5) is 25.0. The molecule has 102 valence electrons. The van der Waals surface area contributed by atoms with E-state index in [1.807, 2.05) is 0 Å². The number of ether oxygens (including phenoxy) is 1. The molecule has 0 N–H and O–H groups in total. The molecular formula is C12H12NNaO5S. The second-order valence-electron chi connectivity index (χ2n) is 3.93. The fraction of sp³-hybridized carbons (Fsp3) is 0.333.